The molecule has 0 saturated carbocycles. The van der Waals surface area contributed by atoms with Crippen molar-refractivity contribution < 1.29 is 19.1 Å². The Morgan fingerprint density at radius 3 is 1.27 bits per heavy atom. The van der Waals surface area contributed by atoms with Gasteiger partial charge in [0.15, 0.2) is 0 Å². The van der Waals surface area contributed by atoms with Crippen molar-refractivity contribution in [2.45, 2.75) is 39.5 Å². The molecule has 2 aromatic rings. The van der Waals surface area contributed by atoms with Gasteiger partial charge in [-0.15, -0.1) is 24.8 Å². The zero-order valence-electron chi connectivity index (χ0n) is 24.8. The van der Waals surface area contributed by atoms with Crippen molar-refractivity contribution in [1.82, 2.24) is 0 Å². The number of guanidine groups is 4. The highest BCUT2D eigenvalue weighted by Crippen LogP contribution is 2.11. The summed E-state index contributed by atoms with van der Waals surface area (Å²) in [6.07, 6.45) is 3.49. The maximum atomic E-state index is 11.7. The van der Waals surface area contributed by atoms with Crippen LogP contribution >= 0.6 is 24.8 Å². The third-order valence-electron chi connectivity index (χ3n) is 5.42. The minimum Gasteiger partial charge on any atom is -0.462 e. The molecule has 2 rings (SSSR count). The van der Waals surface area contributed by atoms with Crippen LogP contribution in [0.4, 0.5) is 11.4 Å². The first kappa shape index (κ1) is 39.4. The number of ether oxygens (including phenoxy) is 2. The number of nitrogens with one attached hydrogen (secondary N) is 2. The molecule has 0 amide bonds. The summed E-state index contributed by atoms with van der Waals surface area (Å²) in [4.78, 5) is 39.9. The van der Waals surface area contributed by atoms with Crippen molar-refractivity contribution >= 4 is 72.0 Å². The van der Waals surface area contributed by atoms with E-state index in [0.717, 1.165) is 25.7 Å². The van der Waals surface area contributed by atoms with E-state index in [1.165, 1.54) is 0 Å². The van der Waals surface area contributed by atoms with E-state index in [4.69, 9.17) is 32.4 Å². The van der Waals surface area contributed by atoms with Crippen LogP contribution in [0, 0.1) is 0 Å². The molecule has 16 heteroatoms. The lowest BCUT2D eigenvalue weighted by Crippen LogP contribution is -2.26. The third-order valence-corrected chi connectivity index (χ3v) is 5.42. The van der Waals surface area contributed by atoms with E-state index in [2.05, 4.69) is 30.6 Å². The maximum absolute atomic E-state index is 11.7. The van der Waals surface area contributed by atoms with Crippen LogP contribution in [0.2, 0.25) is 0 Å². The third kappa shape index (κ3) is 15.6. The second kappa shape index (κ2) is 22.0. The van der Waals surface area contributed by atoms with E-state index in [0.29, 0.717) is 48.8 Å². The van der Waals surface area contributed by atoms with Gasteiger partial charge in [-0.1, -0.05) is 12.8 Å². The Morgan fingerprint density at radius 1 is 0.614 bits per heavy atom. The number of nitrogens with zero attached hydrogens (tertiary/aromatic N) is 4. The molecule has 14 nitrogen and oxygen atoms in total. The van der Waals surface area contributed by atoms with Gasteiger partial charge >= 0.3 is 11.9 Å². The van der Waals surface area contributed by atoms with E-state index in [1.807, 2.05) is 0 Å². The summed E-state index contributed by atoms with van der Waals surface area (Å²) in [6.45, 7) is 5.14. The van der Waals surface area contributed by atoms with Crippen LogP contribution in [0.3, 0.4) is 0 Å². The van der Waals surface area contributed by atoms with Crippen molar-refractivity contribution in [2.24, 2.45) is 42.9 Å². The van der Waals surface area contributed by atoms with E-state index in [-0.39, 0.29) is 60.6 Å². The summed E-state index contributed by atoms with van der Waals surface area (Å²) < 4.78 is 9.91. The van der Waals surface area contributed by atoms with Crippen molar-refractivity contribution in [3.63, 3.8) is 0 Å². The van der Waals surface area contributed by atoms with Gasteiger partial charge in [0.1, 0.15) is 0 Å². The molecule has 0 unspecified atom stereocenters. The second-order valence-corrected chi connectivity index (χ2v) is 8.73. The summed E-state index contributed by atoms with van der Waals surface area (Å²) in [5, 5.41) is 5.79. The first-order valence-corrected chi connectivity index (χ1v) is 13.6. The molecule has 10 N–H and O–H groups in total. The number of halogens is 2. The van der Waals surface area contributed by atoms with Crippen molar-refractivity contribution in [3.05, 3.63) is 59.7 Å². The lowest BCUT2D eigenvalue weighted by Gasteiger charge is -2.07. The van der Waals surface area contributed by atoms with Gasteiger partial charge in [-0.05, 0) is 75.2 Å². The normalized spacial score (nSPS) is 12.0. The van der Waals surface area contributed by atoms with Crippen LogP contribution in [0.5, 0.6) is 0 Å². The fraction of sp³-hybridized carbons (Fsp3) is 0.357. The van der Waals surface area contributed by atoms with E-state index in [1.54, 1.807) is 62.4 Å². The number of carbonyl (C=O) groups excluding carboxylic acids is 2. The summed E-state index contributed by atoms with van der Waals surface area (Å²) in [5.74, 6) is -0.471. The Morgan fingerprint density at radius 2 is 0.955 bits per heavy atom. The number of benzene rings is 2. The molecule has 242 valence electrons. The summed E-state index contributed by atoms with van der Waals surface area (Å²) in [5.41, 5.74) is 25.6. The molecule has 0 aromatic heterocycles. The van der Waals surface area contributed by atoms with Crippen LogP contribution in [-0.2, 0) is 9.47 Å². The molecule has 0 aliphatic heterocycles. The Bertz CT molecular complexity index is 1180. The molecule has 44 heavy (non-hydrogen) atoms. The first-order valence-electron chi connectivity index (χ1n) is 13.6. The standard InChI is InChI=1S/C28H40N10O4.2ClH/c1-3-41-23(39)19-9-13-21(14-10-19)35-27(31)37-25(29)33-17-7-5-6-8-18-34-26(30)38-28(32)36-22-15-11-20(12-16-22)24(40)42-4-2;;/h9-16H,3-8,17-18H2,1-2H3,(H5,29,31,33,35,37)(H5,30,32,34,36,38);2*1H. The zero-order valence-corrected chi connectivity index (χ0v) is 26.5. The monoisotopic (exact) mass is 652 g/mol. The summed E-state index contributed by atoms with van der Waals surface area (Å²) in [6, 6.07) is 13.3. The summed E-state index contributed by atoms with van der Waals surface area (Å²) >= 11 is 0. The highest BCUT2D eigenvalue weighted by atomic mass is 35.5. The van der Waals surface area contributed by atoms with E-state index < -0.39 is 0 Å². The number of rotatable bonds is 13. The topological polar surface area (TPSA) is 230 Å². The smallest absolute Gasteiger partial charge is 0.338 e. The fourth-order valence-corrected chi connectivity index (χ4v) is 3.44. The van der Waals surface area contributed by atoms with Crippen LogP contribution in [-0.4, -0.2) is 62.1 Å². The SMILES string of the molecule is CCOC(=O)c1ccc(NC(N)=NC(N)=NCCCCCCN=C(N)N=C(N)Nc2ccc(C(=O)OCC)cc2)cc1.Cl.Cl. The van der Waals surface area contributed by atoms with Crippen molar-refractivity contribution in [1.29, 1.82) is 0 Å². The highest BCUT2D eigenvalue weighted by molar-refractivity contribution is 6.01. The molecular formula is C28H42Cl2N10O4. The maximum Gasteiger partial charge on any atom is 0.338 e. The predicted molar refractivity (Wildman–Crippen MR) is 181 cm³/mol. The number of nitrogens with two attached hydrogens (primary N) is 4. The Kier molecular flexibility index (Phi) is 19.8. The highest BCUT2D eigenvalue weighted by Gasteiger charge is 2.07. The number of unbranched alkanes of at least 4 members (excludes halogenated alkanes) is 3. The molecule has 2 aromatic carbocycles. The van der Waals surface area contributed by atoms with Crippen molar-refractivity contribution in [3.8, 4) is 0 Å². The van der Waals surface area contributed by atoms with Crippen LogP contribution in [0.25, 0.3) is 0 Å². The van der Waals surface area contributed by atoms with Gasteiger partial charge in [0, 0.05) is 24.5 Å². The van der Waals surface area contributed by atoms with Gasteiger partial charge in [-0.3, -0.25) is 9.98 Å². The minimum absolute atomic E-state index is 0. The number of anilines is 2. The number of esters is 2. The predicted octanol–water partition coefficient (Wildman–Crippen LogP) is 3.23. The number of aliphatic imine (C=N–C) groups is 4. The van der Waals surface area contributed by atoms with Crippen LogP contribution in [0.15, 0.2) is 68.5 Å². The van der Waals surface area contributed by atoms with Gasteiger partial charge in [0.25, 0.3) is 0 Å². The van der Waals surface area contributed by atoms with Gasteiger partial charge in [-0.2, -0.15) is 9.98 Å². The lowest BCUT2D eigenvalue weighted by molar-refractivity contribution is 0.0517. The van der Waals surface area contributed by atoms with Gasteiger partial charge in [0.2, 0.25) is 23.8 Å². The lowest BCUT2D eigenvalue weighted by atomic mass is 10.2. The molecule has 0 aliphatic carbocycles. The van der Waals surface area contributed by atoms with Crippen molar-refractivity contribution in [2.75, 3.05) is 36.9 Å². The summed E-state index contributed by atoms with van der Waals surface area (Å²) in [7, 11) is 0. The number of hydrogen-bond acceptors (Lipinski definition) is 6. The number of carbonyl (C=O) groups is 2. The molecule has 0 bridgehead atoms. The molecule has 0 heterocycles. The fourth-order valence-electron chi connectivity index (χ4n) is 3.44. The molecule has 0 fully saturated rings. The molecule has 0 radical (unpaired) electrons. The number of hydrogen-bond donors (Lipinski definition) is 6. The Labute approximate surface area is 269 Å². The van der Waals surface area contributed by atoms with Gasteiger partial charge in [-0.25, -0.2) is 9.59 Å². The van der Waals surface area contributed by atoms with Crippen LogP contribution < -0.4 is 33.6 Å². The molecule has 0 saturated heterocycles. The van der Waals surface area contributed by atoms with Crippen LogP contribution in [0.1, 0.15) is 60.2 Å². The second-order valence-electron chi connectivity index (χ2n) is 8.73. The molecule has 0 aliphatic rings. The van der Waals surface area contributed by atoms with Gasteiger partial charge in [0.05, 0.1) is 24.3 Å². The Hall–Kier alpha value is -4.56. The zero-order chi connectivity index (χ0) is 30.7. The minimum atomic E-state index is -0.389. The molecule has 0 atom stereocenters. The average molecular weight is 654 g/mol. The van der Waals surface area contributed by atoms with Gasteiger partial charge < -0.3 is 43.0 Å². The average Bonchev–Trinajstić information content (AvgIpc) is 2.95. The first-order chi connectivity index (χ1) is 20.2. The Balaban J connectivity index is 0.00000924. The largest absolute Gasteiger partial charge is 0.462 e. The van der Waals surface area contributed by atoms with E-state index >= 15 is 0 Å². The molecular weight excluding hydrogens is 611 g/mol. The quantitative estimate of drug-likeness (QED) is 0.0800. The van der Waals surface area contributed by atoms with E-state index in [9.17, 15) is 9.59 Å². The molecule has 0 spiro atoms.